The number of hydrogen-bond donors (Lipinski definition) is 2. The Morgan fingerprint density at radius 3 is 2.33 bits per heavy atom. The van der Waals surface area contributed by atoms with Crippen LogP contribution in [-0.4, -0.2) is 25.0 Å². The third-order valence-corrected chi connectivity index (χ3v) is 4.59. The maximum atomic E-state index is 11.8. The minimum Gasteiger partial charge on any atom is -0.352 e. The first kappa shape index (κ1) is 15.5. The third-order valence-electron chi connectivity index (χ3n) is 4.59. The van der Waals surface area contributed by atoms with E-state index in [0.29, 0.717) is 17.9 Å². The van der Waals surface area contributed by atoms with Crippen LogP contribution in [0.2, 0.25) is 0 Å². The van der Waals surface area contributed by atoms with Gasteiger partial charge in [0.15, 0.2) is 0 Å². The molecule has 1 rings (SSSR count). The number of carbonyl (C=O) groups is 1. The van der Waals surface area contributed by atoms with Gasteiger partial charge in [-0.25, -0.2) is 0 Å². The number of carbonyl (C=O) groups excluding carboxylic acids is 1. The van der Waals surface area contributed by atoms with E-state index in [1.54, 1.807) is 0 Å². The zero-order chi connectivity index (χ0) is 13.6. The molecule has 3 nitrogen and oxygen atoms in total. The Bertz CT molecular complexity index is 257. The summed E-state index contributed by atoms with van der Waals surface area (Å²) in [4.78, 5) is 11.8. The molecule has 106 valence electrons. The fourth-order valence-electron chi connectivity index (χ4n) is 2.69. The molecule has 0 radical (unpaired) electrons. The summed E-state index contributed by atoms with van der Waals surface area (Å²) in [6, 6.07) is 0.255. The molecule has 1 amide bonds. The summed E-state index contributed by atoms with van der Waals surface area (Å²) in [5.74, 6) is 0.617. The van der Waals surface area contributed by atoms with E-state index in [1.165, 1.54) is 32.1 Å². The van der Waals surface area contributed by atoms with Crippen molar-refractivity contribution in [2.24, 2.45) is 11.3 Å². The van der Waals surface area contributed by atoms with Gasteiger partial charge in [-0.05, 0) is 37.5 Å². The van der Waals surface area contributed by atoms with Gasteiger partial charge >= 0.3 is 0 Å². The molecule has 0 spiro atoms. The summed E-state index contributed by atoms with van der Waals surface area (Å²) in [6.45, 7) is 10.0. The molecule has 18 heavy (non-hydrogen) atoms. The van der Waals surface area contributed by atoms with Crippen LogP contribution in [0, 0.1) is 11.3 Å². The number of rotatable bonds is 7. The fraction of sp³-hybridized carbons (Fsp3) is 0.933. The van der Waals surface area contributed by atoms with Crippen molar-refractivity contribution in [1.29, 1.82) is 0 Å². The molecule has 0 heterocycles. The quantitative estimate of drug-likeness (QED) is 0.733. The SMILES string of the molecule is CCC1(CNCC(=O)NC(C)C(C)C)CCCC1. The molecule has 1 aliphatic rings. The van der Waals surface area contributed by atoms with Gasteiger partial charge in [-0.15, -0.1) is 0 Å². The largest absolute Gasteiger partial charge is 0.352 e. The van der Waals surface area contributed by atoms with Crippen LogP contribution in [0.5, 0.6) is 0 Å². The lowest BCUT2D eigenvalue weighted by Gasteiger charge is -2.28. The second-order valence-corrected chi connectivity index (χ2v) is 6.26. The highest BCUT2D eigenvalue weighted by atomic mass is 16.1. The summed E-state index contributed by atoms with van der Waals surface area (Å²) in [7, 11) is 0. The molecule has 1 fully saturated rings. The lowest BCUT2D eigenvalue weighted by Crippen LogP contribution is -2.43. The first-order valence-electron chi connectivity index (χ1n) is 7.49. The zero-order valence-corrected chi connectivity index (χ0v) is 12.5. The van der Waals surface area contributed by atoms with Crippen molar-refractivity contribution < 1.29 is 4.79 Å². The van der Waals surface area contributed by atoms with E-state index in [2.05, 4.69) is 38.3 Å². The number of amides is 1. The van der Waals surface area contributed by atoms with E-state index in [1.807, 2.05) is 0 Å². The molecular formula is C15H30N2O. The Morgan fingerprint density at radius 2 is 1.83 bits per heavy atom. The average molecular weight is 254 g/mol. The second kappa shape index (κ2) is 7.13. The predicted molar refractivity (Wildman–Crippen MR) is 76.5 cm³/mol. The molecule has 0 aromatic heterocycles. The summed E-state index contributed by atoms with van der Waals surface area (Å²) in [6.07, 6.45) is 6.57. The smallest absolute Gasteiger partial charge is 0.234 e. The second-order valence-electron chi connectivity index (χ2n) is 6.26. The van der Waals surface area contributed by atoms with E-state index >= 15 is 0 Å². The van der Waals surface area contributed by atoms with Crippen molar-refractivity contribution in [3.05, 3.63) is 0 Å². The average Bonchev–Trinajstić information content (AvgIpc) is 2.78. The number of hydrogen-bond acceptors (Lipinski definition) is 2. The summed E-state index contributed by atoms with van der Waals surface area (Å²) >= 11 is 0. The highest BCUT2D eigenvalue weighted by molar-refractivity contribution is 5.78. The van der Waals surface area contributed by atoms with Crippen molar-refractivity contribution in [3.8, 4) is 0 Å². The van der Waals surface area contributed by atoms with Gasteiger partial charge in [-0.1, -0.05) is 33.6 Å². The molecule has 0 bridgehead atoms. The van der Waals surface area contributed by atoms with Gasteiger partial charge in [-0.3, -0.25) is 4.79 Å². The summed E-state index contributed by atoms with van der Waals surface area (Å²) in [5.41, 5.74) is 0.462. The van der Waals surface area contributed by atoms with Crippen molar-refractivity contribution in [1.82, 2.24) is 10.6 Å². The molecule has 1 saturated carbocycles. The molecule has 1 atom stereocenters. The topological polar surface area (TPSA) is 41.1 Å². The van der Waals surface area contributed by atoms with Gasteiger partial charge in [-0.2, -0.15) is 0 Å². The van der Waals surface area contributed by atoms with Gasteiger partial charge in [0.05, 0.1) is 6.54 Å². The van der Waals surface area contributed by atoms with Crippen molar-refractivity contribution in [3.63, 3.8) is 0 Å². The third kappa shape index (κ3) is 4.60. The molecule has 1 unspecified atom stereocenters. The van der Waals surface area contributed by atoms with Crippen LogP contribution in [0.25, 0.3) is 0 Å². The van der Waals surface area contributed by atoms with Gasteiger partial charge in [0.2, 0.25) is 5.91 Å². The molecular weight excluding hydrogens is 224 g/mol. The van der Waals surface area contributed by atoms with E-state index in [4.69, 9.17) is 0 Å². The fourth-order valence-corrected chi connectivity index (χ4v) is 2.69. The van der Waals surface area contributed by atoms with E-state index in [9.17, 15) is 4.79 Å². The Morgan fingerprint density at radius 1 is 1.22 bits per heavy atom. The summed E-state index contributed by atoms with van der Waals surface area (Å²) < 4.78 is 0. The zero-order valence-electron chi connectivity index (χ0n) is 12.5. The van der Waals surface area contributed by atoms with Gasteiger partial charge in [0.25, 0.3) is 0 Å². The Balaban J connectivity index is 2.22. The van der Waals surface area contributed by atoms with Gasteiger partial charge in [0.1, 0.15) is 0 Å². The standard InChI is InChI=1S/C15H30N2O/c1-5-15(8-6-7-9-15)11-16-10-14(18)17-13(4)12(2)3/h12-13,16H,5-11H2,1-4H3,(H,17,18). The molecule has 2 N–H and O–H groups in total. The van der Waals surface area contributed by atoms with E-state index < -0.39 is 0 Å². The highest BCUT2D eigenvalue weighted by Crippen LogP contribution is 2.40. The van der Waals surface area contributed by atoms with E-state index in [-0.39, 0.29) is 11.9 Å². The van der Waals surface area contributed by atoms with Gasteiger partial charge in [0, 0.05) is 12.6 Å². The maximum Gasteiger partial charge on any atom is 0.234 e. The van der Waals surface area contributed by atoms with Crippen LogP contribution in [0.1, 0.15) is 59.8 Å². The van der Waals surface area contributed by atoms with Crippen LogP contribution < -0.4 is 10.6 Å². The van der Waals surface area contributed by atoms with Crippen LogP contribution in [0.4, 0.5) is 0 Å². The lowest BCUT2D eigenvalue weighted by molar-refractivity contribution is -0.121. The minimum absolute atomic E-state index is 0.125. The first-order valence-corrected chi connectivity index (χ1v) is 7.49. The van der Waals surface area contributed by atoms with Crippen LogP contribution in [0.15, 0.2) is 0 Å². The number of nitrogens with one attached hydrogen (secondary N) is 2. The Labute approximate surface area is 112 Å². The van der Waals surface area contributed by atoms with Crippen molar-refractivity contribution in [2.45, 2.75) is 65.8 Å². The highest BCUT2D eigenvalue weighted by Gasteiger charge is 2.31. The Kier molecular flexibility index (Phi) is 6.13. The maximum absolute atomic E-state index is 11.8. The van der Waals surface area contributed by atoms with Crippen molar-refractivity contribution in [2.75, 3.05) is 13.1 Å². The molecule has 0 aromatic rings. The molecule has 0 aliphatic heterocycles. The molecule has 0 saturated heterocycles. The van der Waals surface area contributed by atoms with Crippen LogP contribution in [-0.2, 0) is 4.79 Å². The molecule has 0 aromatic carbocycles. The normalized spacial score (nSPS) is 20.1. The predicted octanol–water partition coefficient (Wildman–Crippen LogP) is 2.71. The van der Waals surface area contributed by atoms with Crippen molar-refractivity contribution >= 4 is 5.91 Å². The van der Waals surface area contributed by atoms with Gasteiger partial charge < -0.3 is 10.6 Å². The van der Waals surface area contributed by atoms with E-state index in [0.717, 1.165) is 6.54 Å². The monoisotopic (exact) mass is 254 g/mol. The minimum atomic E-state index is 0.125. The Hall–Kier alpha value is -0.570. The molecule has 1 aliphatic carbocycles. The molecule has 3 heteroatoms. The first-order chi connectivity index (χ1) is 8.49. The lowest BCUT2D eigenvalue weighted by atomic mass is 9.83. The van der Waals surface area contributed by atoms with Crippen LogP contribution >= 0.6 is 0 Å². The van der Waals surface area contributed by atoms with Crippen LogP contribution in [0.3, 0.4) is 0 Å². The summed E-state index contributed by atoms with van der Waals surface area (Å²) in [5, 5.41) is 6.38.